The Bertz CT molecular complexity index is 565. The normalized spacial score (nSPS) is 23.7. The predicted octanol–water partition coefficient (Wildman–Crippen LogP) is 2.32. The van der Waals surface area contributed by atoms with Gasteiger partial charge in [0.15, 0.2) is 0 Å². The average molecular weight is 291 g/mol. The predicted molar refractivity (Wildman–Crippen MR) is 74.3 cm³/mol. The molecule has 0 bridgehead atoms. The van der Waals surface area contributed by atoms with Gasteiger partial charge in [0.05, 0.1) is 5.41 Å². The minimum Gasteiger partial charge on any atom is -0.480 e. The Morgan fingerprint density at radius 2 is 1.86 bits per heavy atom. The van der Waals surface area contributed by atoms with Crippen molar-refractivity contribution in [3.05, 3.63) is 35.6 Å². The van der Waals surface area contributed by atoms with Crippen LogP contribution in [0.25, 0.3) is 0 Å². The first-order valence-corrected chi connectivity index (χ1v) is 7.34. The van der Waals surface area contributed by atoms with E-state index >= 15 is 0 Å². The van der Waals surface area contributed by atoms with Gasteiger partial charge in [0.2, 0.25) is 5.91 Å². The summed E-state index contributed by atoms with van der Waals surface area (Å²) >= 11 is 0. The van der Waals surface area contributed by atoms with Crippen molar-refractivity contribution in [2.75, 3.05) is 6.54 Å². The molecular weight excluding hydrogens is 273 g/mol. The largest absolute Gasteiger partial charge is 0.480 e. The minimum atomic E-state index is -0.932. The van der Waals surface area contributed by atoms with E-state index in [4.69, 9.17) is 0 Å². The number of aliphatic carboxylic acids is 1. The molecule has 1 aliphatic carbocycles. The van der Waals surface area contributed by atoms with E-state index in [9.17, 15) is 19.1 Å². The lowest BCUT2D eigenvalue weighted by atomic mass is 9.91. The number of piperidine rings is 1. The molecule has 112 valence electrons. The fraction of sp³-hybridized carbons (Fsp3) is 0.500. The second kappa shape index (κ2) is 5.13. The molecule has 1 heterocycles. The van der Waals surface area contributed by atoms with Crippen molar-refractivity contribution >= 4 is 11.9 Å². The van der Waals surface area contributed by atoms with Gasteiger partial charge in [-0.05, 0) is 49.8 Å². The van der Waals surface area contributed by atoms with Crippen LogP contribution in [0.2, 0.25) is 0 Å². The quantitative estimate of drug-likeness (QED) is 0.930. The highest BCUT2D eigenvalue weighted by molar-refractivity contribution is 5.94. The summed E-state index contributed by atoms with van der Waals surface area (Å²) in [6.45, 7) is 0.499. The Labute approximate surface area is 122 Å². The second-order valence-corrected chi connectivity index (χ2v) is 5.94. The van der Waals surface area contributed by atoms with Crippen molar-refractivity contribution in [1.29, 1.82) is 0 Å². The molecule has 0 radical (unpaired) electrons. The van der Waals surface area contributed by atoms with Crippen LogP contribution in [0.15, 0.2) is 24.3 Å². The number of amides is 1. The van der Waals surface area contributed by atoms with Crippen LogP contribution in [0, 0.1) is 5.82 Å². The molecule has 1 saturated carbocycles. The zero-order valence-electron chi connectivity index (χ0n) is 11.7. The van der Waals surface area contributed by atoms with Crippen molar-refractivity contribution in [3.63, 3.8) is 0 Å². The van der Waals surface area contributed by atoms with E-state index in [0.29, 0.717) is 25.8 Å². The topological polar surface area (TPSA) is 57.6 Å². The van der Waals surface area contributed by atoms with Gasteiger partial charge in [-0.3, -0.25) is 4.79 Å². The Morgan fingerprint density at radius 1 is 1.19 bits per heavy atom. The number of carboxylic acid groups (broad SMARTS) is 1. The van der Waals surface area contributed by atoms with Gasteiger partial charge in [-0.2, -0.15) is 0 Å². The zero-order chi connectivity index (χ0) is 15.0. The maximum absolute atomic E-state index is 13.0. The van der Waals surface area contributed by atoms with Crippen LogP contribution in [0.3, 0.4) is 0 Å². The molecule has 21 heavy (non-hydrogen) atoms. The monoisotopic (exact) mass is 291 g/mol. The molecule has 1 aromatic carbocycles. The third-order valence-corrected chi connectivity index (χ3v) is 4.60. The second-order valence-electron chi connectivity index (χ2n) is 5.94. The highest BCUT2D eigenvalue weighted by Crippen LogP contribution is 2.50. The van der Waals surface area contributed by atoms with E-state index in [2.05, 4.69) is 0 Å². The van der Waals surface area contributed by atoms with E-state index in [1.165, 1.54) is 17.0 Å². The van der Waals surface area contributed by atoms with Crippen LogP contribution in [0.1, 0.15) is 37.7 Å². The first kappa shape index (κ1) is 14.0. The molecule has 2 fully saturated rings. The number of carbonyl (C=O) groups excluding carboxylic acids is 1. The van der Waals surface area contributed by atoms with Crippen LogP contribution in [-0.2, 0) is 15.0 Å². The van der Waals surface area contributed by atoms with Crippen LogP contribution >= 0.6 is 0 Å². The van der Waals surface area contributed by atoms with Crippen LogP contribution in [0.5, 0.6) is 0 Å². The average Bonchev–Trinajstić information content (AvgIpc) is 3.29. The number of hydrogen-bond acceptors (Lipinski definition) is 2. The van der Waals surface area contributed by atoms with E-state index in [1.54, 1.807) is 12.1 Å². The maximum atomic E-state index is 13.0. The number of likely N-dealkylation sites (tertiary alicyclic amines) is 1. The number of halogens is 1. The molecule has 1 atom stereocenters. The summed E-state index contributed by atoms with van der Waals surface area (Å²) < 4.78 is 13.0. The number of benzene rings is 1. The summed E-state index contributed by atoms with van der Waals surface area (Å²) in [4.78, 5) is 25.7. The Morgan fingerprint density at radius 3 is 2.43 bits per heavy atom. The fourth-order valence-corrected chi connectivity index (χ4v) is 3.23. The summed E-state index contributed by atoms with van der Waals surface area (Å²) in [5.74, 6) is -1.37. The Kier molecular flexibility index (Phi) is 3.43. The van der Waals surface area contributed by atoms with Crippen LogP contribution < -0.4 is 0 Å². The molecular formula is C16H18FNO3. The number of rotatable bonds is 3. The van der Waals surface area contributed by atoms with Crippen molar-refractivity contribution in [2.24, 2.45) is 0 Å². The van der Waals surface area contributed by atoms with E-state index < -0.39 is 17.4 Å². The molecule has 5 heteroatoms. The Hall–Kier alpha value is -1.91. The van der Waals surface area contributed by atoms with Gasteiger partial charge in [0.25, 0.3) is 0 Å². The van der Waals surface area contributed by atoms with Gasteiger partial charge in [-0.15, -0.1) is 0 Å². The standard InChI is InChI=1S/C16H18FNO3/c17-12-6-4-11(5-7-12)16(8-9-16)15(21)18-10-2-1-3-13(18)14(19)20/h4-7,13H,1-3,8-10H2,(H,19,20)/t13-/m0/s1. The molecule has 3 rings (SSSR count). The molecule has 0 unspecified atom stereocenters. The van der Waals surface area contributed by atoms with Gasteiger partial charge < -0.3 is 10.0 Å². The summed E-state index contributed by atoms with van der Waals surface area (Å²) in [6, 6.07) is 5.27. The van der Waals surface area contributed by atoms with Crippen molar-refractivity contribution < 1.29 is 19.1 Å². The lowest BCUT2D eigenvalue weighted by Gasteiger charge is -2.35. The molecule has 1 saturated heterocycles. The summed E-state index contributed by atoms with van der Waals surface area (Å²) in [5.41, 5.74) is 0.169. The lowest BCUT2D eigenvalue weighted by Crippen LogP contribution is -2.51. The smallest absolute Gasteiger partial charge is 0.326 e. The third kappa shape index (κ3) is 2.41. The molecule has 4 nitrogen and oxygen atoms in total. The fourth-order valence-electron chi connectivity index (χ4n) is 3.23. The molecule has 1 aliphatic heterocycles. The van der Waals surface area contributed by atoms with Gasteiger partial charge in [-0.1, -0.05) is 12.1 Å². The summed E-state index contributed by atoms with van der Waals surface area (Å²) in [7, 11) is 0. The van der Waals surface area contributed by atoms with Gasteiger partial charge >= 0.3 is 5.97 Å². The summed E-state index contributed by atoms with van der Waals surface area (Å²) in [5, 5.41) is 9.31. The highest BCUT2D eigenvalue weighted by Gasteiger charge is 2.54. The molecule has 0 spiro atoms. The highest BCUT2D eigenvalue weighted by atomic mass is 19.1. The number of carboxylic acids is 1. The minimum absolute atomic E-state index is 0.110. The van der Waals surface area contributed by atoms with Crippen molar-refractivity contribution in [1.82, 2.24) is 4.90 Å². The number of hydrogen-bond donors (Lipinski definition) is 1. The first-order valence-electron chi connectivity index (χ1n) is 7.34. The van der Waals surface area contributed by atoms with Crippen molar-refractivity contribution in [3.8, 4) is 0 Å². The molecule has 1 amide bonds. The number of nitrogens with zero attached hydrogens (tertiary/aromatic N) is 1. The SMILES string of the molecule is O=C(O)[C@@H]1CCCCN1C(=O)C1(c2ccc(F)cc2)CC1. The first-order chi connectivity index (χ1) is 10.0. The van der Waals surface area contributed by atoms with E-state index in [1.807, 2.05) is 0 Å². The summed E-state index contributed by atoms with van der Waals surface area (Å²) in [6.07, 6.45) is 3.61. The molecule has 1 aromatic rings. The molecule has 2 aliphatic rings. The number of carbonyl (C=O) groups is 2. The van der Waals surface area contributed by atoms with Crippen molar-refractivity contribution in [2.45, 2.75) is 43.6 Å². The van der Waals surface area contributed by atoms with Gasteiger partial charge in [-0.25, -0.2) is 9.18 Å². The third-order valence-electron chi connectivity index (χ3n) is 4.60. The van der Waals surface area contributed by atoms with Crippen LogP contribution in [0.4, 0.5) is 4.39 Å². The van der Waals surface area contributed by atoms with E-state index in [-0.39, 0.29) is 11.7 Å². The molecule has 0 aromatic heterocycles. The maximum Gasteiger partial charge on any atom is 0.326 e. The van der Waals surface area contributed by atoms with Gasteiger partial charge in [0.1, 0.15) is 11.9 Å². The van der Waals surface area contributed by atoms with E-state index in [0.717, 1.165) is 18.4 Å². The van der Waals surface area contributed by atoms with Gasteiger partial charge in [0, 0.05) is 6.54 Å². The Balaban J connectivity index is 1.86. The zero-order valence-corrected chi connectivity index (χ0v) is 11.7. The van der Waals surface area contributed by atoms with Crippen LogP contribution in [-0.4, -0.2) is 34.5 Å². The lowest BCUT2D eigenvalue weighted by molar-refractivity contribution is -0.153. The molecule has 1 N–H and O–H groups in total.